The molecule has 0 aromatic heterocycles. The van der Waals surface area contributed by atoms with Crippen molar-refractivity contribution in [3.05, 3.63) is 66.7 Å². The number of carboxylic acid groups (broad SMARTS) is 1. The van der Waals surface area contributed by atoms with E-state index in [2.05, 4.69) is 6.58 Å². The Bertz CT molecular complexity index is 905. The van der Waals surface area contributed by atoms with Crippen molar-refractivity contribution in [3.63, 3.8) is 0 Å². The summed E-state index contributed by atoms with van der Waals surface area (Å²) in [5.74, 6) is -0.486. The van der Waals surface area contributed by atoms with Crippen LogP contribution in [0.2, 0.25) is 0 Å². The number of carboxylic acids is 1. The fraction of sp³-hybridized carbons (Fsp3) is 0.167. The van der Waals surface area contributed by atoms with Gasteiger partial charge in [0.25, 0.3) is 10.0 Å². The van der Waals surface area contributed by atoms with Crippen LogP contribution in [0.1, 0.15) is 18.0 Å². The fourth-order valence-electron chi connectivity index (χ4n) is 2.91. The lowest BCUT2D eigenvalue weighted by atomic mass is 10.0. The maximum atomic E-state index is 12.9. The quantitative estimate of drug-likeness (QED) is 0.802. The van der Waals surface area contributed by atoms with Crippen LogP contribution in [0.4, 0.5) is 5.69 Å². The minimum absolute atomic E-state index is 0.147. The van der Waals surface area contributed by atoms with Gasteiger partial charge in [-0.3, -0.25) is 9.10 Å². The summed E-state index contributed by atoms with van der Waals surface area (Å²) in [5, 5.41) is 9.22. The maximum absolute atomic E-state index is 12.9. The third kappa shape index (κ3) is 3.10. The van der Waals surface area contributed by atoms with Crippen LogP contribution >= 0.6 is 0 Å². The van der Waals surface area contributed by atoms with Gasteiger partial charge in [0.05, 0.1) is 23.0 Å². The van der Waals surface area contributed by atoms with E-state index in [1.807, 2.05) is 0 Å². The molecule has 1 unspecified atom stereocenters. The highest BCUT2D eigenvalue weighted by Gasteiger charge is 2.43. The van der Waals surface area contributed by atoms with Gasteiger partial charge in [-0.25, -0.2) is 8.42 Å². The minimum Gasteiger partial charge on any atom is -0.490 e. The molecule has 2 aromatic rings. The minimum atomic E-state index is -3.81. The van der Waals surface area contributed by atoms with Gasteiger partial charge in [-0.2, -0.15) is 0 Å². The summed E-state index contributed by atoms with van der Waals surface area (Å²) in [5.41, 5.74) is 0.894. The van der Waals surface area contributed by atoms with E-state index in [1.165, 1.54) is 10.4 Å². The summed E-state index contributed by atoms with van der Waals surface area (Å²) < 4.78 is 32.4. The number of anilines is 1. The van der Waals surface area contributed by atoms with E-state index in [-0.39, 0.29) is 11.3 Å². The van der Waals surface area contributed by atoms with E-state index >= 15 is 0 Å². The third-order valence-corrected chi connectivity index (χ3v) is 5.84. The number of rotatable bonds is 6. The molecule has 1 aliphatic rings. The first-order valence-electron chi connectivity index (χ1n) is 7.64. The van der Waals surface area contributed by atoms with Crippen LogP contribution in [0.25, 0.3) is 0 Å². The van der Waals surface area contributed by atoms with Crippen molar-refractivity contribution in [2.75, 3.05) is 10.9 Å². The van der Waals surface area contributed by atoms with Crippen LogP contribution in [0, 0.1) is 0 Å². The number of benzene rings is 2. The third-order valence-electron chi connectivity index (χ3n) is 3.92. The second-order valence-corrected chi connectivity index (χ2v) is 7.33. The first-order valence-corrected chi connectivity index (χ1v) is 9.08. The molecule has 0 aliphatic carbocycles. The molecular weight excluding hydrogens is 342 g/mol. The second-order valence-electron chi connectivity index (χ2n) is 5.55. The summed E-state index contributed by atoms with van der Waals surface area (Å²) in [6.07, 6.45) is 1.29. The van der Waals surface area contributed by atoms with E-state index in [0.717, 1.165) is 0 Å². The Hall–Kier alpha value is -2.80. The van der Waals surface area contributed by atoms with Crippen LogP contribution in [-0.2, 0) is 14.8 Å². The maximum Gasteiger partial charge on any atom is 0.305 e. The van der Waals surface area contributed by atoms with E-state index in [1.54, 1.807) is 48.5 Å². The lowest BCUT2D eigenvalue weighted by Gasteiger charge is -2.24. The highest BCUT2D eigenvalue weighted by molar-refractivity contribution is 7.93. The van der Waals surface area contributed by atoms with Crippen LogP contribution in [0.5, 0.6) is 5.75 Å². The van der Waals surface area contributed by atoms with Crippen LogP contribution in [0.3, 0.4) is 0 Å². The molecule has 0 bridgehead atoms. The van der Waals surface area contributed by atoms with Crippen molar-refractivity contribution in [1.82, 2.24) is 0 Å². The van der Waals surface area contributed by atoms with Gasteiger partial charge in [0.2, 0.25) is 0 Å². The monoisotopic (exact) mass is 359 g/mol. The molecule has 25 heavy (non-hydrogen) atoms. The van der Waals surface area contributed by atoms with Crippen molar-refractivity contribution in [2.24, 2.45) is 0 Å². The molecule has 0 fully saturated rings. The number of hydrogen-bond donors (Lipinski definition) is 1. The zero-order valence-electron chi connectivity index (χ0n) is 13.3. The molecule has 0 amide bonds. The first kappa shape index (κ1) is 17.0. The normalized spacial score (nSPS) is 17.8. The van der Waals surface area contributed by atoms with Crippen molar-refractivity contribution in [1.29, 1.82) is 0 Å². The lowest BCUT2D eigenvalue weighted by Crippen LogP contribution is -2.29. The first-order chi connectivity index (χ1) is 11.9. The zero-order chi connectivity index (χ0) is 18.0. The van der Waals surface area contributed by atoms with Gasteiger partial charge in [-0.1, -0.05) is 30.9 Å². The summed E-state index contributed by atoms with van der Waals surface area (Å²) in [7, 11) is -3.81. The van der Waals surface area contributed by atoms with Gasteiger partial charge >= 0.3 is 5.97 Å². The van der Waals surface area contributed by atoms with Gasteiger partial charge in [-0.15, -0.1) is 0 Å². The number of ether oxygens (including phenoxy) is 1. The molecule has 1 aliphatic heterocycles. The molecule has 2 aromatic carbocycles. The average molecular weight is 359 g/mol. The standard InChI is InChI=1S/C18H17NO5S/c1-2-11-24-14-9-7-13(8-10-14)19-16(12-18(20)21)15-5-3-4-6-17(15)25(19,22)23/h2-10,16H,1,11-12H2,(H,20,21). The zero-order valence-corrected chi connectivity index (χ0v) is 14.1. The number of hydrogen-bond acceptors (Lipinski definition) is 4. The number of nitrogens with zero attached hydrogens (tertiary/aromatic N) is 1. The molecule has 7 heteroatoms. The molecular formula is C18H17NO5S. The molecule has 0 spiro atoms. The number of aliphatic carboxylic acids is 1. The Labute approximate surface area is 146 Å². The molecule has 0 saturated carbocycles. The fourth-order valence-corrected chi connectivity index (χ4v) is 4.80. The van der Waals surface area contributed by atoms with Gasteiger partial charge in [0.15, 0.2) is 0 Å². The average Bonchev–Trinajstić information content (AvgIpc) is 2.81. The second kappa shape index (κ2) is 6.60. The largest absolute Gasteiger partial charge is 0.490 e. The predicted octanol–water partition coefficient (Wildman–Crippen LogP) is 2.98. The van der Waals surface area contributed by atoms with Crippen LogP contribution in [0.15, 0.2) is 66.1 Å². The molecule has 0 radical (unpaired) electrons. The predicted molar refractivity (Wildman–Crippen MR) is 93.2 cm³/mol. The molecule has 130 valence electrons. The highest BCUT2D eigenvalue weighted by atomic mass is 32.2. The van der Waals surface area contributed by atoms with Crippen LogP contribution in [-0.4, -0.2) is 26.1 Å². The van der Waals surface area contributed by atoms with Crippen LogP contribution < -0.4 is 9.04 Å². The van der Waals surface area contributed by atoms with E-state index in [0.29, 0.717) is 23.6 Å². The van der Waals surface area contributed by atoms with Gasteiger partial charge < -0.3 is 9.84 Å². The Balaban J connectivity index is 2.04. The number of fused-ring (bicyclic) bond motifs is 1. The summed E-state index contributed by atoms with van der Waals surface area (Å²) in [6.45, 7) is 3.91. The molecule has 0 saturated heterocycles. The van der Waals surface area contributed by atoms with Gasteiger partial charge in [0.1, 0.15) is 12.4 Å². The van der Waals surface area contributed by atoms with E-state index in [9.17, 15) is 18.3 Å². The Morgan fingerprint density at radius 2 is 1.88 bits per heavy atom. The SMILES string of the molecule is C=CCOc1ccc(N2C(CC(=O)O)c3ccccc3S2(=O)=O)cc1. The van der Waals surface area contributed by atoms with Crippen molar-refractivity contribution in [2.45, 2.75) is 17.4 Å². The smallest absolute Gasteiger partial charge is 0.305 e. The topological polar surface area (TPSA) is 83.9 Å². The van der Waals surface area contributed by atoms with Gasteiger partial charge in [0, 0.05) is 0 Å². The molecule has 3 rings (SSSR count). The lowest BCUT2D eigenvalue weighted by molar-refractivity contribution is -0.137. The highest BCUT2D eigenvalue weighted by Crippen LogP contribution is 2.44. The Kier molecular flexibility index (Phi) is 4.50. The van der Waals surface area contributed by atoms with Gasteiger partial charge in [-0.05, 0) is 35.9 Å². The summed E-state index contributed by atoms with van der Waals surface area (Å²) in [4.78, 5) is 11.4. The van der Waals surface area contributed by atoms with Crippen molar-refractivity contribution < 1.29 is 23.1 Å². The summed E-state index contributed by atoms with van der Waals surface area (Å²) in [6, 6.07) is 12.2. The molecule has 1 N–H and O–H groups in total. The number of sulfonamides is 1. The number of carbonyl (C=O) groups is 1. The van der Waals surface area contributed by atoms with E-state index in [4.69, 9.17) is 4.74 Å². The molecule has 1 atom stereocenters. The van der Waals surface area contributed by atoms with E-state index < -0.39 is 22.0 Å². The summed E-state index contributed by atoms with van der Waals surface area (Å²) >= 11 is 0. The molecule has 1 heterocycles. The molecule has 6 nitrogen and oxygen atoms in total. The van der Waals surface area contributed by atoms with Crippen molar-refractivity contribution >= 4 is 21.7 Å². The van der Waals surface area contributed by atoms with Crippen molar-refractivity contribution in [3.8, 4) is 5.75 Å². The Morgan fingerprint density at radius 1 is 1.20 bits per heavy atom. The Morgan fingerprint density at radius 3 is 2.52 bits per heavy atom.